The molecule has 0 bridgehead atoms. The Kier molecular flexibility index (Phi) is 3.67. The Morgan fingerprint density at radius 2 is 2.24 bits per heavy atom. The van der Waals surface area contributed by atoms with Crippen LogP contribution >= 0.6 is 11.3 Å². The van der Waals surface area contributed by atoms with Crippen LogP contribution < -0.4 is 10.1 Å². The number of fused-ring (bicyclic) bond motifs is 1. The Bertz CT molecular complexity index is 805. The number of ether oxygens (including phenoxy) is 1. The topological polar surface area (TPSA) is 70.8 Å². The Hall–Kier alpha value is -2.65. The van der Waals surface area contributed by atoms with Gasteiger partial charge in [-0.3, -0.25) is 0 Å². The van der Waals surface area contributed by atoms with E-state index in [1.54, 1.807) is 12.1 Å². The summed E-state index contributed by atoms with van der Waals surface area (Å²) in [6.45, 7) is 2.60. The molecule has 6 heteroatoms. The largest absolute Gasteiger partial charge is 0.494 e. The van der Waals surface area contributed by atoms with E-state index in [1.165, 1.54) is 17.5 Å². The molecule has 0 spiro atoms. The average Bonchev–Trinajstić information content (AvgIpc) is 2.90. The highest BCUT2D eigenvalue weighted by Crippen LogP contribution is 2.30. The normalized spacial score (nSPS) is 10.3. The van der Waals surface area contributed by atoms with Crippen molar-refractivity contribution in [3.8, 4) is 11.8 Å². The average molecular weight is 296 g/mol. The minimum absolute atomic E-state index is 0.534. The van der Waals surface area contributed by atoms with Crippen LogP contribution in [0.2, 0.25) is 0 Å². The van der Waals surface area contributed by atoms with Crippen molar-refractivity contribution in [3.63, 3.8) is 0 Å². The van der Waals surface area contributed by atoms with Crippen molar-refractivity contribution in [1.82, 2.24) is 9.97 Å². The Labute approximate surface area is 125 Å². The van der Waals surface area contributed by atoms with Crippen LogP contribution in [-0.2, 0) is 0 Å². The maximum Gasteiger partial charge on any atom is 0.189 e. The second-order valence-corrected chi connectivity index (χ2v) is 5.28. The summed E-state index contributed by atoms with van der Waals surface area (Å²) in [4.78, 5) is 8.67. The summed E-state index contributed by atoms with van der Waals surface area (Å²) in [6, 6.07) is 11.3. The van der Waals surface area contributed by atoms with Crippen LogP contribution in [0.4, 0.5) is 10.9 Å². The third-order valence-electron chi connectivity index (χ3n) is 2.80. The van der Waals surface area contributed by atoms with Crippen molar-refractivity contribution in [2.24, 2.45) is 0 Å². The summed E-state index contributed by atoms with van der Waals surface area (Å²) in [6.07, 6.45) is 1.53. The van der Waals surface area contributed by atoms with Crippen LogP contribution in [0.5, 0.6) is 5.75 Å². The van der Waals surface area contributed by atoms with Crippen molar-refractivity contribution >= 4 is 32.5 Å². The highest BCUT2D eigenvalue weighted by Gasteiger charge is 2.06. The van der Waals surface area contributed by atoms with Gasteiger partial charge in [-0.15, -0.1) is 0 Å². The summed E-state index contributed by atoms with van der Waals surface area (Å²) < 4.78 is 6.54. The summed E-state index contributed by atoms with van der Waals surface area (Å²) in [7, 11) is 0. The SMILES string of the molecule is CCOc1ccc2nc(Nc3ccc(C#N)cn3)sc2c1. The summed E-state index contributed by atoms with van der Waals surface area (Å²) in [5.41, 5.74) is 1.45. The number of benzene rings is 1. The van der Waals surface area contributed by atoms with E-state index in [9.17, 15) is 0 Å². The van der Waals surface area contributed by atoms with Crippen molar-refractivity contribution in [2.75, 3.05) is 11.9 Å². The molecule has 0 aliphatic rings. The highest BCUT2D eigenvalue weighted by molar-refractivity contribution is 7.22. The van der Waals surface area contributed by atoms with Crippen LogP contribution in [0.1, 0.15) is 12.5 Å². The Morgan fingerprint density at radius 1 is 1.33 bits per heavy atom. The molecule has 104 valence electrons. The lowest BCUT2D eigenvalue weighted by atomic mass is 10.3. The van der Waals surface area contributed by atoms with E-state index in [0.717, 1.165) is 21.1 Å². The maximum atomic E-state index is 8.75. The first kappa shape index (κ1) is 13.3. The number of anilines is 2. The van der Waals surface area contributed by atoms with Crippen LogP contribution in [0.15, 0.2) is 36.5 Å². The summed E-state index contributed by atoms with van der Waals surface area (Å²) >= 11 is 1.53. The van der Waals surface area contributed by atoms with Gasteiger partial charge >= 0.3 is 0 Å². The third-order valence-corrected chi connectivity index (χ3v) is 3.73. The zero-order valence-electron chi connectivity index (χ0n) is 11.3. The van der Waals surface area contributed by atoms with Crippen molar-refractivity contribution in [3.05, 3.63) is 42.1 Å². The molecule has 1 N–H and O–H groups in total. The smallest absolute Gasteiger partial charge is 0.189 e. The number of hydrogen-bond acceptors (Lipinski definition) is 6. The Morgan fingerprint density at radius 3 is 2.95 bits per heavy atom. The van der Waals surface area contributed by atoms with Crippen molar-refractivity contribution in [2.45, 2.75) is 6.92 Å². The molecule has 0 saturated carbocycles. The first-order chi connectivity index (χ1) is 10.3. The summed E-state index contributed by atoms with van der Waals surface area (Å²) in [5.74, 6) is 1.51. The highest BCUT2D eigenvalue weighted by atomic mass is 32.1. The molecule has 0 aliphatic carbocycles. The van der Waals surface area contributed by atoms with Crippen molar-refractivity contribution < 1.29 is 4.74 Å². The molecule has 0 aliphatic heterocycles. The van der Waals surface area contributed by atoms with Gasteiger partial charge in [0.1, 0.15) is 17.6 Å². The van der Waals surface area contributed by atoms with Crippen LogP contribution in [0, 0.1) is 11.3 Å². The molecule has 0 saturated heterocycles. The molecule has 3 aromatic rings. The van der Waals surface area contributed by atoms with E-state index in [-0.39, 0.29) is 0 Å². The fourth-order valence-corrected chi connectivity index (χ4v) is 2.76. The molecular formula is C15H12N4OS. The van der Waals surface area contributed by atoms with Gasteiger partial charge in [0.2, 0.25) is 0 Å². The fraction of sp³-hybridized carbons (Fsp3) is 0.133. The fourth-order valence-electron chi connectivity index (χ4n) is 1.86. The number of nitrogens with one attached hydrogen (secondary N) is 1. The van der Waals surface area contributed by atoms with Crippen LogP contribution in [-0.4, -0.2) is 16.6 Å². The zero-order valence-corrected chi connectivity index (χ0v) is 12.1. The number of pyridine rings is 1. The van der Waals surface area contributed by atoms with Gasteiger partial charge in [-0.2, -0.15) is 5.26 Å². The molecule has 0 atom stereocenters. The zero-order chi connectivity index (χ0) is 14.7. The first-order valence-electron chi connectivity index (χ1n) is 6.45. The van der Waals surface area contributed by atoms with Gasteiger partial charge in [-0.25, -0.2) is 9.97 Å². The molecule has 0 fully saturated rings. The molecule has 5 nitrogen and oxygen atoms in total. The molecule has 0 amide bonds. The van der Waals surface area contributed by atoms with Gasteiger partial charge in [0, 0.05) is 6.20 Å². The van der Waals surface area contributed by atoms with Gasteiger partial charge in [0.15, 0.2) is 5.13 Å². The molecule has 2 heterocycles. The lowest BCUT2D eigenvalue weighted by molar-refractivity contribution is 0.341. The monoisotopic (exact) mass is 296 g/mol. The molecule has 21 heavy (non-hydrogen) atoms. The number of nitriles is 1. The standard InChI is InChI=1S/C15H12N4OS/c1-2-20-11-4-5-12-13(7-11)21-15(18-12)19-14-6-3-10(8-16)9-17-14/h3-7,9H,2H2,1H3,(H,17,18,19). The first-order valence-corrected chi connectivity index (χ1v) is 7.26. The summed E-state index contributed by atoms with van der Waals surface area (Å²) in [5, 5.41) is 12.7. The van der Waals surface area contributed by atoms with Gasteiger partial charge in [-0.05, 0) is 37.3 Å². The molecule has 0 radical (unpaired) electrons. The molecule has 1 aromatic carbocycles. The number of rotatable bonds is 4. The molecule has 0 unspecified atom stereocenters. The van der Waals surface area contributed by atoms with Gasteiger partial charge < -0.3 is 10.1 Å². The molecule has 3 rings (SSSR count). The van der Waals surface area contributed by atoms with E-state index >= 15 is 0 Å². The predicted molar refractivity (Wildman–Crippen MR) is 83.0 cm³/mol. The lowest BCUT2D eigenvalue weighted by Crippen LogP contribution is -1.92. The number of aromatic nitrogens is 2. The van der Waals surface area contributed by atoms with Gasteiger partial charge in [-0.1, -0.05) is 11.3 Å². The maximum absolute atomic E-state index is 8.75. The second kappa shape index (κ2) is 5.77. The Balaban J connectivity index is 1.85. The van der Waals surface area contributed by atoms with E-state index in [0.29, 0.717) is 18.0 Å². The molecular weight excluding hydrogens is 284 g/mol. The minimum Gasteiger partial charge on any atom is -0.494 e. The predicted octanol–water partition coefficient (Wildman–Crippen LogP) is 3.71. The third kappa shape index (κ3) is 2.93. The van der Waals surface area contributed by atoms with E-state index in [1.807, 2.05) is 31.2 Å². The second-order valence-electron chi connectivity index (χ2n) is 4.25. The van der Waals surface area contributed by atoms with Gasteiger partial charge in [0.25, 0.3) is 0 Å². The number of hydrogen-bond donors (Lipinski definition) is 1. The van der Waals surface area contributed by atoms with E-state index < -0.39 is 0 Å². The van der Waals surface area contributed by atoms with Crippen LogP contribution in [0.25, 0.3) is 10.2 Å². The quantitative estimate of drug-likeness (QED) is 0.794. The molecule has 2 aromatic heterocycles. The lowest BCUT2D eigenvalue weighted by Gasteiger charge is -2.00. The van der Waals surface area contributed by atoms with E-state index in [2.05, 4.69) is 15.3 Å². The number of thiazole rings is 1. The van der Waals surface area contributed by atoms with Crippen molar-refractivity contribution in [1.29, 1.82) is 5.26 Å². The minimum atomic E-state index is 0.534. The number of nitrogens with zero attached hydrogens (tertiary/aromatic N) is 3. The van der Waals surface area contributed by atoms with Crippen LogP contribution in [0.3, 0.4) is 0 Å². The van der Waals surface area contributed by atoms with E-state index in [4.69, 9.17) is 10.00 Å². The van der Waals surface area contributed by atoms with Gasteiger partial charge in [0.05, 0.1) is 22.4 Å².